The second-order valence-electron chi connectivity index (χ2n) is 36.1. The summed E-state index contributed by atoms with van der Waals surface area (Å²) in [5, 5.41) is 0. The van der Waals surface area contributed by atoms with Crippen molar-refractivity contribution in [3.63, 3.8) is 0 Å². The number of fused-ring (bicyclic) bond motifs is 4. The number of allylic oxidation sites excluding steroid dienone is 1. The number of hydrogen-bond donors (Lipinski definition) is 0. The molecule has 13 aromatic rings. The Kier molecular flexibility index (Phi) is 30.9. The van der Waals surface area contributed by atoms with E-state index in [9.17, 15) is 21.0 Å². The highest BCUT2D eigenvalue weighted by atomic mass is 32.2. The van der Waals surface area contributed by atoms with E-state index in [1.807, 2.05) is 119 Å². The van der Waals surface area contributed by atoms with Crippen molar-refractivity contribution in [2.24, 2.45) is 21.8 Å². The van der Waals surface area contributed by atoms with Crippen molar-refractivity contribution in [2.75, 3.05) is 186 Å². The molecule has 38 nitrogen and oxygen atoms in total. The lowest BCUT2D eigenvalue weighted by atomic mass is 10.1. The SMILES string of the molecule is CC(C)c1nc2ccccc2n1-c1nc(N=S(C)(C)=O)cc(N2CCOC[C@H]2C)n1.C[C@@H]1COCCN1c1cc(N=S(C)(C)=O)nc(-c2cncc3c2C=CC3)n1.C[C@@H]1COCCN1c1cc(N=S(C)(C)=O)nc(-n2cnc3ccccc32)n1.Cc1ccc(-c2nc(N=S(C)(C)=O)cc(N3CCOC[C@H]3C)n2)cn1.Cc1ccc2ncn(-c3nc(N=S(C)(C)=O)cc(N4CCOC[C@H]4C)n3)c2c1. The fourth-order valence-electron chi connectivity index (χ4n) is 16.1. The molecule has 0 saturated carbocycles. The standard InChI is InChI=1S/C21H28N6O2S.C19H24N6O2S.C19H23N5O2S.C18H22N6O2S.C17H23N5O2S/c1-14(2)20-22-16-8-6-7-9-17(16)27(20)21-23-18(25-30(4,5)28)12-19(24-21)26-10-11-29-13-15(26)3;1-13-5-6-15-16(9-13)25(12-20-15)19-21-17(23-28(3,4)26)10-18(22-19)24-7-8-27-11-14(24)2;1-13-12-26-8-7-24(13)18-9-17(23-27(2,3)25)21-19(22-18)16-11-20-10-14-5-4-6-15(14)16;1-13-11-26-9-8-23(13)17-10-16(22-27(2,3)25)20-18(21-17)24-12-19-14-6-4-5-7-15(14)24;1-12-5-6-14(10-18-12)17-19-15(21-25(3,4)23)9-16(20-17)22-7-8-24-11-13(22)2/h6-9,12,14-15H,10-11,13H2,1-5H3;5-6,9-10,12,14H,7-8,11H2,1-4H3;4,6,9-11,13H,5,7-8,12H2,1-3H3;4-7,10,12-13H,8-9,11H2,1-3H3;5-6,9-10,13H,7-8,11H2,1-4H3/t15-;14-;3*13-/m11111/s1. The molecule has 5 atom stereocenters. The summed E-state index contributed by atoms with van der Waals surface area (Å²) < 4.78 is 116. The summed E-state index contributed by atoms with van der Waals surface area (Å²) in [6.07, 6.45) is 29.9. The molecule has 15 heterocycles. The average Bonchev–Trinajstić information content (AvgIpc) is 1.64. The van der Waals surface area contributed by atoms with Crippen molar-refractivity contribution in [1.82, 2.24) is 88.5 Å². The Morgan fingerprint density at radius 3 is 1.20 bits per heavy atom. The highest BCUT2D eigenvalue weighted by Gasteiger charge is 2.31. The minimum Gasteiger partial charge on any atom is -0.377 e. The summed E-state index contributed by atoms with van der Waals surface area (Å²) in [5.74, 6) is 9.44. The molecule has 0 spiro atoms. The molecule has 0 bridgehead atoms. The zero-order valence-corrected chi connectivity index (χ0v) is 84.9. The number of nitrogens with zero attached hydrogens (tertiary/aromatic N) is 28. The van der Waals surface area contributed by atoms with Gasteiger partial charge in [0.25, 0.3) is 0 Å². The van der Waals surface area contributed by atoms with Crippen molar-refractivity contribution in [1.29, 1.82) is 0 Å². The second-order valence-corrected chi connectivity index (χ2v) is 48.9. The van der Waals surface area contributed by atoms with E-state index < -0.39 is 48.6 Å². The number of morpholine rings is 5. The van der Waals surface area contributed by atoms with E-state index >= 15 is 0 Å². The van der Waals surface area contributed by atoms with Gasteiger partial charge in [-0.2, -0.15) is 51.7 Å². The van der Waals surface area contributed by atoms with E-state index in [0.29, 0.717) is 125 Å². The number of anilines is 5. The van der Waals surface area contributed by atoms with E-state index in [1.165, 1.54) is 0 Å². The molecule has 10 aromatic heterocycles. The second kappa shape index (κ2) is 42.6. The van der Waals surface area contributed by atoms with E-state index in [1.54, 1.807) is 106 Å². The van der Waals surface area contributed by atoms with Gasteiger partial charge in [0.05, 0.1) is 129 Å². The van der Waals surface area contributed by atoms with E-state index in [4.69, 9.17) is 53.6 Å². The van der Waals surface area contributed by atoms with Gasteiger partial charge in [-0.3, -0.25) is 23.7 Å². The molecule has 726 valence electrons. The number of benzene rings is 3. The number of rotatable bonds is 16. The lowest BCUT2D eigenvalue weighted by molar-refractivity contribution is 0.0985. The highest BCUT2D eigenvalue weighted by Crippen LogP contribution is 2.37. The molecular weight excluding hydrogens is 1840 g/mol. The van der Waals surface area contributed by atoms with Gasteiger partial charge in [0.1, 0.15) is 47.6 Å². The normalized spacial score (nSPS) is 18.2. The molecular formula is C94H120N28O10S5. The smallest absolute Gasteiger partial charge is 0.239 e. The van der Waals surface area contributed by atoms with Crippen LogP contribution in [0.4, 0.5) is 58.2 Å². The molecule has 0 N–H and O–H groups in total. The number of hydrogen-bond acceptors (Lipinski definition) is 35. The molecule has 0 unspecified atom stereocenters. The zero-order valence-electron chi connectivity index (χ0n) is 80.9. The van der Waals surface area contributed by atoms with Gasteiger partial charge < -0.3 is 48.2 Å². The molecule has 19 rings (SSSR count). The van der Waals surface area contributed by atoms with Crippen LogP contribution in [-0.2, 0) is 78.8 Å². The van der Waals surface area contributed by atoms with Gasteiger partial charge in [0, 0.05) is 216 Å². The lowest BCUT2D eigenvalue weighted by Crippen LogP contribution is -2.44. The average molecular weight is 1960 g/mol. The topological polar surface area (TPSA) is 418 Å². The minimum atomic E-state index is -2.38. The molecule has 5 saturated heterocycles. The summed E-state index contributed by atoms with van der Waals surface area (Å²) in [4.78, 5) is 80.1. The van der Waals surface area contributed by atoms with Crippen LogP contribution in [0.2, 0.25) is 0 Å². The van der Waals surface area contributed by atoms with Gasteiger partial charge in [-0.25, -0.2) is 55.9 Å². The van der Waals surface area contributed by atoms with Crippen molar-refractivity contribution in [3.05, 3.63) is 175 Å². The number of ether oxygens (including phenoxy) is 5. The van der Waals surface area contributed by atoms with Gasteiger partial charge >= 0.3 is 0 Å². The van der Waals surface area contributed by atoms with Crippen molar-refractivity contribution in [3.8, 4) is 40.6 Å². The number of para-hydroxylation sites is 4. The molecule has 0 amide bonds. The zero-order chi connectivity index (χ0) is 97.4. The maximum Gasteiger partial charge on any atom is 0.239 e. The first kappa shape index (κ1) is 99.5. The third kappa shape index (κ3) is 25.9. The first-order valence-corrected chi connectivity index (χ1v) is 56.8. The maximum absolute atomic E-state index is 12.4. The van der Waals surface area contributed by atoms with Gasteiger partial charge in [0.2, 0.25) is 17.8 Å². The van der Waals surface area contributed by atoms with Crippen molar-refractivity contribution < 1.29 is 44.7 Å². The first-order chi connectivity index (χ1) is 65.1. The minimum absolute atomic E-state index is 0.172. The van der Waals surface area contributed by atoms with Gasteiger partial charge in [0.15, 0.2) is 40.7 Å². The monoisotopic (exact) mass is 1960 g/mol. The summed E-state index contributed by atoms with van der Waals surface area (Å²) in [6.45, 7) is 28.8. The van der Waals surface area contributed by atoms with Crippen LogP contribution >= 0.6 is 0 Å². The summed E-state index contributed by atoms with van der Waals surface area (Å²) >= 11 is 0. The van der Waals surface area contributed by atoms with Gasteiger partial charge in [-0.05, 0) is 120 Å². The maximum atomic E-state index is 12.4. The molecule has 137 heavy (non-hydrogen) atoms. The summed E-state index contributed by atoms with van der Waals surface area (Å²) in [7, 11) is -11.7. The fourth-order valence-corrected chi connectivity index (χ4v) is 18.8. The fraction of sp³-hybridized carbons (Fsp3) is 0.436. The van der Waals surface area contributed by atoms with E-state index in [0.717, 1.165) is 141 Å². The van der Waals surface area contributed by atoms with Gasteiger partial charge in [-0.1, -0.05) is 56.3 Å². The first-order valence-electron chi connectivity index (χ1n) is 45.1. The predicted molar refractivity (Wildman–Crippen MR) is 545 cm³/mol. The van der Waals surface area contributed by atoms with E-state index in [-0.39, 0.29) is 36.1 Å². The Labute approximate surface area is 801 Å². The molecule has 3 aromatic carbocycles. The molecule has 6 aliphatic rings. The Morgan fingerprint density at radius 2 is 0.766 bits per heavy atom. The molecule has 5 fully saturated rings. The number of aromatic nitrogens is 18. The largest absolute Gasteiger partial charge is 0.377 e. The third-order valence-corrected chi connectivity index (χ3v) is 25.5. The van der Waals surface area contributed by atoms with Crippen molar-refractivity contribution >= 4 is 146 Å². The van der Waals surface area contributed by atoms with Crippen LogP contribution in [0, 0.1) is 13.8 Å². The Hall–Kier alpha value is -11.9. The number of pyridine rings is 2. The summed E-state index contributed by atoms with van der Waals surface area (Å²) in [6, 6.07) is 35.6. The van der Waals surface area contributed by atoms with Crippen LogP contribution < -0.4 is 24.5 Å². The van der Waals surface area contributed by atoms with Gasteiger partial charge in [-0.15, -0.1) is 0 Å². The Morgan fingerprint density at radius 1 is 0.380 bits per heavy atom. The van der Waals surface area contributed by atoms with Crippen LogP contribution in [0.15, 0.2) is 168 Å². The molecule has 0 radical (unpaired) electrons. The third-order valence-electron chi connectivity index (χ3n) is 22.3. The van der Waals surface area contributed by atoms with Crippen LogP contribution in [-0.4, -0.2) is 301 Å². The molecule has 43 heteroatoms. The quantitative estimate of drug-likeness (QED) is 0.0867. The number of aryl methyl sites for hydroxylation is 2. The predicted octanol–water partition coefficient (Wildman–Crippen LogP) is 13.8. The van der Waals surface area contributed by atoms with Crippen LogP contribution in [0.1, 0.15) is 82.6 Å². The Balaban J connectivity index is 0.000000130. The van der Waals surface area contributed by atoms with Crippen molar-refractivity contribution in [2.45, 2.75) is 105 Å². The molecule has 5 aliphatic heterocycles. The Bertz CT molecular complexity index is 7290. The van der Waals surface area contributed by atoms with Crippen LogP contribution in [0.25, 0.3) is 79.8 Å². The summed E-state index contributed by atoms with van der Waals surface area (Å²) in [5.41, 5.74) is 11.4. The number of imidazole rings is 3. The van der Waals surface area contributed by atoms with Crippen LogP contribution in [0.3, 0.4) is 0 Å². The van der Waals surface area contributed by atoms with Crippen LogP contribution in [0.5, 0.6) is 0 Å². The van der Waals surface area contributed by atoms with E-state index in [2.05, 4.69) is 158 Å². The highest BCUT2D eigenvalue weighted by molar-refractivity contribution is 7.93. The molecule has 1 aliphatic carbocycles. The lowest BCUT2D eigenvalue weighted by Gasteiger charge is -2.34.